The molecule has 2 heteroatoms. The molecule has 2 aromatic rings. The molecular weight excluding hydrogens is 306 g/mol. The van der Waals surface area contributed by atoms with Gasteiger partial charge in [0.25, 0.3) is 0 Å². The topological polar surface area (TPSA) is 29.1 Å². The smallest absolute Gasteiger partial charge is 0.222 e. The highest BCUT2D eigenvalue weighted by Gasteiger charge is 2.42. The Morgan fingerprint density at radius 2 is 1.60 bits per heavy atom. The predicted molar refractivity (Wildman–Crippen MR) is 102 cm³/mol. The van der Waals surface area contributed by atoms with Crippen LogP contribution in [0.2, 0.25) is 0 Å². The second-order valence-electron chi connectivity index (χ2n) is 7.72. The molecule has 1 amide bonds. The first kappa shape index (κ1) is 16.4. The van der Waals surface area contributed by atoms with Crippen LogP contribution >= 0.6 is 0 Å². The van der Waals surface area contributed by atoms with Crippen molar-refractivity contribution in [2.24, 2.45) is 11.8 Å². The van der Waals surface area contributed by atoms with Crippen LogP contribution in [0.3, 0.4) is 0 Å². The first-order valence-electron chi connectivity index (χ1n) is 9.66. The van der Waals surface area contributed by atoms with Crippen molar-refractivity contribution in [1.29, 1.82) is 0 Å². The van der Waals surface area contributed by atoms with Crippen molar-refractivity contribution in [3.63, 3.8) is 0 Å². The van der Waals surface area contributed by atoms with Gasteiger partial charge in [-0.1, -0.05) is 68.8 Å². The van der Waals surface area contributed by atoms with E-state index in [1.54, 1.807) is 0 Å². The predicted octanol–water partition coefficient (Wildman–Crippen LogP) is 4.84. The Kier molecular flexibility index (Phi) is 4.37. The molecule has 0 aliphatic heterocycles. The van der Waals surface area contributed by atoms with Crippen LogP contribution in [0.1, 0.15) is 67.2 Å². The van der Waals surface area contributed by atoms with E-state index in [2.05, 4.69) is 60.8 Å². The molecule has 0 heterocycles. The average molecular weight is 333 g/mol. The van der Waals surface area contributed by atoms with Gasteiger partial charge in [-0.05, 0) is 41.0 Å². The van der Waals surface area contributed by atoms with E-state index in [4.69, 9.17) is 0 Å². The molecule has 1 N–H and O–H groups in total. The molecule has 0 spiro atoms. The Hall–Kier alpha value is -2.09. The number of hydrogen-bond donors (Lipinski definition) is 1. The van der Waals surface area contributed by atoms with Crippen LogP contribution in [0.5, 0.6) is 0 Å². The molecular formula is C23H27NO. The van der Waals surface area contributed by atoms with E-state index in [1.807, 2.05) is 6.92 Å². The van der Waals surface area contributed by atoms with Crippen molar-refractivity contribution in [2.45, 2.75) is 44.9 Å². The van der Waals surface area contributed by atoms with Crippen molar-refractivity contribution in [3.8, 4) is 0 Å². The number of amides is 1. The lowest BCUT2D eigenvalue weighted by molar-refractivity contribution is -0.124. The molecule has 0 aromatic heterocycles. The van der Waals surface area contributed by atoms with Crippen molar-refractivity contribution >= 4 is 5.91 Å². The maximum absolute atomic E-state index is 12.4. The summed E-state index contributed by atoms with van der Waals surface area (Å²) in [5, 5.41) is 3.24. The van der Waals surface area contributed by atoms with Gasteiger partial charge in [-0.25, -0.2) is 0 Å². The summed E-state index contributed by atoms with van der Waals surface area (Å²) in [6.07, 6.45) is 3.17. The summed E-state index contributed by atoms with van der Waals surface area (Å²) in [6, 6.07) is 17.8. The highest BCUT2D eigenvalue weighted by atomic mass is 16.1. The van der Waals surface area contributed by atoms with E-state index in [1.165, 1.54) is 22.3 Å². The van der Waals surface area contributed by atoms with Crippen molar-refractivity contribution in [1.82, 2.24) is 5.32 Å². The lowest BCUT2D eigenvalue weighted by Crippen LogP contribution is -2.40. The molecule has 5 rings (SSSR count). The summed E-state index contributed by atoms with van der Waals surface area (Å²) < 4.78 is 0. The molecule has 2 aromatic carbocycles. The standard InChI is InChI=1S/C23H27NO/c1-3-8-15(2)23(25)24-14-16-13-21-17-9-4-6-11-19(17)22(16)20-12-7-5-10-18(20)21/h4-7,9-12,15-16,21-22H,3,8,13-14H2,1-2H3,(H,24,25). The number of carbonyl (C=O) groups is 1. The monoisotopic (exact) mass is 333 g/mol. The molecule has 25 heavy (non-hydrogen) atoms. The van der Waals surface area contributed by atoms with Crippen molar-refractivity contribution in [2.75, 3.05) is 6.54 Å². The lowest BCUT2D eigenvalue weighted by atomic mass is 9.59. The summed E-state index contributed by atoms with van der Waals surface area (Å²) in [6.45, 7) is 4.96. The van der Waals surface area contributed by atoms with Crippen LogP contribution in [0.4, 0.5) is 0 Å². The van der Waals surface area contributed by atoms with Gasteiger partial charge in [0.1, 0.15) is 0 Å². The number of rotatable bonds is 5. The van der Waals surface area contributed by atoms with Gasteiger partial charge in [0.05, 0.1) is 0 Å². The number of nitrogens with one attached hydrogen (secondary N) is 1. The summed E-state index contributed by atoms with van der Waals surface area (Å²) in [5.41, 5.74) is 5.93. The summed E-state index contributed by atoms with van der Waals surface area (Å²) in [5.74, 6) is 1.72. The van der Waals surface area contributed by atoms with Crippen LogP contribution in [0.15, 0.2) is 48.5 Å². The van der Waals surface area contributed by atoms with E-state index >= 15 is 0 Å². The highest BCUT2D eigenvalue weighted by Crippen LogP contribution is 2.55. The summed E-state index contributed by atoms with van der Waals surface area (Å²) in [4.78, 5) is 12.4. The van der Waals surface area contributed by atoms with Crippen molar-refractivity contribution in [3.05, 3.63) is 70.8 Å². The fourth-order valence-electron chi connectivity index (χ4n) is 4.93. The third kappa shape index (κ3) is 2.78. The second-order valence-corrected chi connectivity index (χ2v) is 7.72. The van der Waals surface area contributed by atoms with E-state index in [-0.39, 0.29) is 11.8 Å². The molecule has 2 atom stereocenters. The molecule has 0 saturated heterocycles. The third-order valence-electron chi connectivity index (χ3n) is 6.13. The van der Waals surface area contributed by atoms with E-state index in [0.29, 0.717) is 17.8 Å². The first-order chi connectivity index (χ1) is 12.2. The van der Waals surface area contributed by atoms with E-state index in [0.717, 1.165) is 25.8 Å². The minimum absolute atomic E-state index is 0.116. The quantitative estimate of drug-likeness (QED) is 0.834. The van der Waals surface area contributed by atoms with Gasteiger partial charge in [0.2, 0.25) is 5.91 Å². The van der Waals surface area contributed by atoms with Crippen LogP contribution < -0.4 is 5.32 Å². The van der Waals surface area contributed by atoms with E-state index in [9.17, 15) is 4.79 Å². The fourth-order valence-corrected chi connectivity index (χ4v) is 4.93. The number of benzene rings is 2. The molecule has 3 aliphatic carbocycles. The number of hydrogen-bond acceptors (Lipinski definition) is 1. The fraction of sp³-hybridized carbons (Fsp3) is 0.435. The van der Waals surface area contributed by atoms with Gasteiger partial charge in [-0.3, -0.25) is 4.79 Å². The second kappa shape index (κ2) is 6.67. The van der Waals surface area contributed by atoms with Crippen molar-refractivity contribution < 1.29 is 4.79 Å². The van der Waals surface area contributed by atoms with Gasteiger partial charge in [0.15, 0.2) is 0 Å². The maximum Gasteiger partial charge on any atom is 0.222 e. The maximum atomic E-state index is 12.4. The van der Waals surface area contributed by atoms with Crippen LogP contribution in [0, 0.1) is 11.8 Å². The lowest BCUT2D eigenvalue weighted by Gasteiger charge is -2.45. The SMILES string of the molecule is CCCC(C)C(=O)NCC1CC2c3ccccc3C1c1ccccc12. The average Bonchev–Trinajstić information content (AvgIpc) is 2.66. The van der Waals surface area contributed by atoms with Crippen LogP contribution in [-0.2, 0) is 4.79 Å². The Bertz CT molecular complexity index is 734. The molecule has 130 valence electrons. The van der Waals surface area contributed by atoms with Crippen LogP contribution in [0.25, 0.3) is 0 Å². The van der Waals surface area contributed by atoms with Crippen LogP contribution in [-0.4, -0.2) is 12.5 Å². The molecule has 0 fully saturated rings. The zero-order chi connectivity index (χ0) is 17.4. The van der Waals surface area contributed by atoms with Gasteiger partial charge < -0.3 is 5.32 Å². The zero-order valence-corrected chi connectivity index (χ0v) is 15.2. The minimum atomic E-state index is 0.116. The minimum Gasteiger partial charge on any atom is -0.356 e. The Morgan fingerprint density at radius 3 is 2.16 bits per heavy atom. The summed E-state index contributed by atoms with van der Waals surface area (Å²) >= 11 is 0. The largest absolute Gasteiger partial charge is 0.356 e. The van der Waals surface area contributed by atoms with Gasteiger partial charge in [-0.2, -0.15) is 0 Å². The molecule has 2 nitrogen and oxygen atoms in total. The normalized spacial score (nSPS) is 24.3. The highest BCUT2D eigenvalue weighted by molar-refractivity contribution is 5.78. The Morgan fingerprint density at radius 1 is 1.04 bits per heavy atom. The third-order valence-corrected chi connectivity index (χ3v) is 6.13. The summed E-state index contributed by atoms with van der Waals surface area (Å²) in [7, 11) is 0. The Labute approximate surface area is 150 Å². The molecule has 2 unspecified atom stereocenters. The number of fused-ring (bicyclic) bond motifs is 1. The first-order valence-corrected chi connectivity index (χ1v) is 9.66. The van der Waals surface area contributed by atoms with Gasteiger partial charge >= 0.3 is 0 Å². The van der Waals surface area contributed by atoms with E-state index < -0.39 is 0 Å². The molecule has 2 bridgehead atoms. The molecule has 0 saturated carbocycles. The van der Waals surface area contributed by atoms with Gasteiger partial charge in [0, 0.05) is 24.3 Å². The molecule has 3 aliphatic rings. The number of carbonyl (C=O) groups excluding carboxylic acids is 1. The Balaban J connectivity index is 1.60. The molecule has 0 radical (unpaired) electrons. The van der Waals surface area contributed by atoms with Gasteiger partial charge in [-0.15, -0.1) is 0 Å². The zero-order valence-electron chi connectivity index (χ0n) is 15.2.